The number of nitrogens with zero attached hydrogens (tertiary/aromatic N) is 5. The van der Waals surface area contributed by atoms with Crippen LogP contribution in [0.2, 0.25) is 10.0 Å². The quantitative estimate of drug-likeness (QED) is 0.455. The Hall–Kier alpha value is -1.45. The average molecular weight is 412 g/mol. The molecule has 0 atom stereocenters. The largest absolute Gasteiger partial charge is 0.229 e. The van der Waals surface area contributed by atoms with Crippen LogP contribution in [0.1, 0.15) is 0 Å². The molecule has 4 aromatic rings. The topological polar surface area (TPSA) is 56.5 Å². The van der Waals surface area contributed by atoms with Crippen molar-refractivity contribution in [3.63, 3.8) is 0 Å². The van der Waals surface area contributed by atoms with Crippen LogP contribution in [-0.2, 0) is 0 Å². The fourth-order valence-electron chi connectivity index (χ4n) is 1.94. The van der Waals surface area contributed by atoms with E-state index in [-0.39, 0.29) is 0 Å². The van der Waals surface area contributed by atoms with Gasteiger partial charge in [-0.3, -0.25) is 0 Å². The predicted octanol–water partition coefficient (Wildman–Crippen LogP) is 5.31. The SMILES string of the molecule is Clc1ccc(-c2csc(Sc3nnnn3-c3sccc3Cl)n2)cc1. The minimum atomic E-state index is 0.621. The minimum Gasteiger partial charge on any atom is -0.229 e. The fraction of sp³-hybridized carbons (Fsp3) is 0. The van der Waals surface area contributed by atoms with Crippen LogP contribution >= 0.6 is 57.6 Å². The molecule has 0 saturated heterocycles. The van der Waals surface area contributed by atoms with Crippen LogP contribution in [0.5, 0.6) is 0 Å². The number of thiophene rings is 1. The first kappa shape index (κ1) is 16.0. The van der Waals surface area contributed by atoms with Crippen LogP contribution in [0.15, 0.2) is 50.6 Å². The third-order valence-electron chi connectivity index (χ3n) is 3.03. The standard InChI is InChI=1S/C14H7Cl2N5S3/c15-9-3-1-8(2-4-9)11-7-23-14(17-11)24-13-18-19-20-21(13)12-10(16)5-6-22-12/h1-7H. The van der Waals surface area contributed by atoms with Gasteiger partial charge >= 0.3 is 0 Å². The Bertz CT molecular complexity index is 976. The minimum absolute atomic E-state index is 0.621. The molecule has 0 N–H and O–H groups in total. The fourth-order valence-corrected chi connectivity index (χ4v) is 4.92. The Kier molecular flexibility index (Phi) is 4.55. The number of tetrazole rings is 1. The van der Waals surface area contributed by atoms with E-state index < -0.39 is 0 Å². The molecule has 24 heavy (non-hydrogen) atoms. The van der Waals surface area contributed by atoms with Gasteiger partial charge in [-0.25, -0.2) is 4.98 Å². The number of halogens is 2. The molecular formula is C14H7Cl2N5S3. The first-order valence-corrected chi connectivity index (χ1v) is 9.95. The molecule has 0 fully saturated rings. The van der Waals surface area contributed by atoms with E-state index in [0.717, 1.165) is 20.6 Å². The van der Waals surface area contributed by atoms with Crippen molar-refractivity contribution in [1.82, 2.24) is 25.2 Å². The van der Waals surface area contributed by atoms with E-state index in [1.54, 1.807) is 4.68 Å². The molecule has 10 heteroatoms. The summed E-state index contributed by atoms with van der Waals surface area (Å²) in [4.78, 5) is 4.63. The summed E-state index contributed by atoms with van der Waals surface area (Å²) in [6, 6.07) is 9.41. The lowest BCUT2D eigenvalue weighted by Gasteiger charge is -2.00. The average Bonchev–Trinajstić information content (AvgIpc) is 3.30. The highest BCUT2D eigenvalue weighted by Gasteiger charge is 2.16. The molecule has 0 aliphatic carbocycles. The summed E-state index contributed by atoms with van der Waals surface area (Å²) >= 11 is 16.5. The highest BCUT2D eigenvalue weighted by Crippen LogP contribution is 2.35. The maximum atomic E-state index is 6.16. The molecule has 0 aliphatic rings. The molecule has 0 amide bonds. The first-order valence-electron chi connectivity index (χ1n) is 6.62. The molecular weight excluding hydrogens is 405 g/mol. The lowest BCUT2D eigenvalue weighted by Crippen LogP contribution is -1.96. The van der Waals surface area contributed by atoms with Crippen LogP contribution < -0.4 is 0 Å². The van der Waals surface area contributed by atoms with E-state index in [9.17, 15) is 0 Å². The van der Waals surface area contributed by atoms with E-state index in [1.165, 1.54) is 34.4 Å². The summed E-state index contributed by atoms with van der Waals surface area (Å²) in [7, 11) is 0. The van der Waals surface area contributed by atoms with Gasteiger partial charge in [-0.15, -0.1) is 27.8 Å². The zero-order valence-corrected chi connectivity index (χ0v) is 15.7. The molecule has 4 rings (SSSR count). The van der Waals surface area contributed by atoms with Crippen molar-refractivity contribution in [2.45, 2.75) is 9.50 Å². The van der Waals surface area contributed by atoms with Gasteiger partial charge in [-0.05, 0) is 45.8 Å². The maximum Gasteiger partial charge on any atom is 0.222 e. The Labute approximate surface area is 159 Å². The normalized spacial score (nSPS) is 11.1. The number of rotatable bonds is 4. The van der Waals surface area contributed by atoms with Gasteiger partial charge < -0.3 is 0 Å². The van der Waals surface area contributed by atoms with E-state index in [2.05, 4.69) is 20.5 Å². The van der Waals surface area contributed by atoms with Crippen molar-refractivity contribution < 1.29 is 0 Å². The Balaban J connectivity index is 1.60. The highest BCUT2D eigenvalue weighted by molar-refractivity contribution is 8.00. The summed E-state index contributed by atoms with van der Waals surface area (Å²) in [6.45, 7) is 0. The predicted molar refractivity (Wildman–Crippen MR) is 98.7 cm³/mol. The summed E-state index contributed by atoms with van der Waals surface area (Å²) in [5, 5.41) is 18.5. The highest BCUT2D eigenvalue weighted by atomic mass is 35.5. The monoisotopic (exact) mass is 411 g/mol. The molecule has 5 nitrogen and oxygen atoms in total. The summed E-state index contributed by atoms with van der Waals surface area (Å²) < 4.78 is 2.48. The zero-order valence-electron chi connectivity index (χ0n) is 11.8. The van der Waals surface area contributed by atoms with Crippen molar-refractivity contribution in [2.24, 2.45) is 0 Å². The van der Waals surface area contributed by atoms with Crippen molar-refractivity contribution in [3.05, 3.63) is 51.1 Å². The number of aromatic nitrogens is 5. The van der Waals surface area contributed by atoms with E-state index in [0.29, 0.717) is 15.2 Å². The third-order valence-corrected chi connectivity index (χ3v) is 6.47. The van der Waals surface area contributed by atoms with Gasteiger partial charge in [0.15, 0.2) is 4.34 Å². The summed E-state index contributed by atoms with van der Waals surface area (Å²) in [6.07, 6.45) is 0. The summed E-state index contributed by atoms with van der Waals surface area (Å²) in [5.74, 6) is 0. The van der Waals surface area contributed by atoms with Crippen LogP contribution in [0.25, 0.3) is 16.3 Å². The molecule has 0 bridgehead atoms. The van der Waals surface area contributed by atoms with Gasteiger partial charge in [-0.2, -0.15) is 4.68 Å². The molecule has 3 aromatic heterocycles. The molecule has 120 valence electrons. The number of hydrogen-bond acceptors (Lipinski definition) is 7. The van der Waals surface area contributed by atoms with Crippen molar-refractivity contribution in [3.8, 4) is 16.3 Å². The van der Waals surface area contributed by atoms with Crippen LogP contribution in [-0.4, -0.2) is 25.2 Å². The van der Waals surface area contributed by atoms with E-state index >= 15 is 0 Å². The molecule has 0 aliphatic heterocycles. The van der Waals surface area contributed by atoms with Gasteiger partial charge in [0.25, 0.3) is 0 Å². The Morgan fingerprint density at radius 3 is 2.62 bits per heavy atom. The van der Waals surface area contributed by atoms with Crippen LogP contribution in [0.4, 0.5) is 0 Å². The zero-order chi connectivity index (χ0) is 16.5. The maximum absolute atomic E-state index is 6.16. The Morgan fingerprint density at radius 2 is 1.88 bits per heavy atom. The van der Waals surface area contributed by atoms with Crippen molar-refractivity contribution >= 4 is 57.6 Å². The lowest BCUT2D eigenvalue weighted by atomic mass is 10.2. The molecule has 0 unspecified atom stereocenters. The molecule has 3 heterocycles. The van der Waals surface area contributed by atoms with Crippen LogP contribution in [0.3, 0.4) is 0 Å². The Morgan fingerprint density at radius 1 is 1.04 bits per heavy atom. The number of thiazole rings is 1. The smallest absolute Gasteiger partial charge is 0.222 e. The second-order valence-corrected chi connectivity index (χ2v) is 8.37. The summed E-state index contributed by atoms with van der Waals surface area (Å²) in [5.41, 5.74) is 1.91. The van der Waals surface area contributed by atoms with E-state index in [4.69, 9.17) is 23.2 Å². The van der Waals surface area contributed by atoms with Gasteiger partial charge in [0.1, 0.15) is 5.00 Å². The molecule has 0 radical (unpaired) electrons. The van der Waals surface area contributed by atoms with Gasteiger partial charge in [0.05, 0.1) is 10.7 Å². The molecule has 0 spiro atoms. The van der Waals surface area contributed by atoms with E-state index in [1.807, 2.05) is 41.1 Å². The molecule has 0 saturated carbocycles. The van der Waals surface area contributed by atoms with Crippen molar-refractivity contribution in [1.29, 1.82) is 0 Å². The van der Waals surface area contributed by atoms with Gasteiger partial charge in [-0.1, -0.05) is 35.3 Å². The lowest BCUT2D eigenvalue weighted by molar-refractivity contribution is 0.768. The van der Waals surface area contributed by atoms with Gasteiger partial charge in [0, 0.05) is 16.0 Å². The first-order chi connectivity index (χ1) is 11.7. The third kappa shape index (κ3) is 3.20. The second-order valence-electron chi connectivity index (χ2n) is 4.55. The van der Waals surface area contributed by atoms with Crippen LogP contribution in [0, 0.1) is 0 Å². The number of hydrogen-bond donors (Lipinski definition) is 0. The van der Waals surface area contributed by atoms with Gasteiger partial charge in [0.2, 0.25) is 5.16 Å². The second kappa shape index (κ2) is 6.81. The number of benzene rings is 1. The van der Waals surface area contributed by atoms with Crippen molar-refractivity contribution in [2.75, 3.05) is 0 Å². The molecule has 1 aromatic carbocycles.